The molecule has 0 spiro atoms. The maximum Gasteiger partial charge on any atom is 0.214 e. The van der Waals surface area contributed by atoms with Crippen LogP contribution < -0.4 is 4.90 Å². The second kappa shape index (κ2) is 7.65. The molecule has 0 aliphatic carbocycles. The van der Waals surface area contributed by atoms with Crippen molar-refractivity contribution in [1.29, 1.82) is 0 Å². The Balaban J connectivity index is 1.51. The second-order valence-electron chi connectivity index (χ2n) is 7.34. The van der Waals surface area contributed by atoms with E-state index in [1.807, 2.05) is 31.3 Å². The molecule has 6 nitrogen and oxygen atoms in total. The van der Waals surface area contributed by atoms with E-state index in [1.165, 1.54) is 17.3 Å². The van der Waals surface area contributed by atoms with Crippen LogP contribution in [0.4, 0.5) is 5.69 Å². The first kappa shape index (κ1) is 19.7. The first-order valence-corrected chi connectivity index (χ1v) is 10.5. The van der Waals surface area contributed by atoms with E-state index in [-0.39, 0.29) is 17.0 Å². The van der Waals surface area contributed by atoms with Crippen LogP contribution in [-0.4, -0.2) is 38.8 Å². The molecule has 0 saturated carbocycles. The van der Waals surface area contributed by atoms with Gasteiger partial charge in [0.2, 0.25) is 5.16 Å². The van der Waals surface area contributed by atoms with Gasteiger partial charge in [-0.2, -0.15) is 4.68 Å². The Kier molecular flexibility index (Phi) is 5.19. The van der Waals surface area contributed by atoms with E-state index in [0.29, 0.717) is 10.2 Å². The van der Waals surface area contributed by atoms with Crippen molar-refractivity contribution in [2.24, 2.45) is 0 Å². The quantitative estimate of drug-likeness (QED) is 0.449. The highest BCUT2D eigenvalue weighted by molar-refractivity contribution is 7.99. The summed E-state index contributed by atoms with van der Waals surface area (Å²) < 4.78 is 1.60. The maximum atomic E-state index is 12.8. The van der Waals surface area contributed by atoms with Crippen LogP contribution in [0.25, 0.3) is 5.69 Å². The summed E-state index contributed by atoms with van der Waals surface area (Å²) in [5.41, 5.74) is 3.91. The van der Waals surface area contributed by atoms with Gasteiger partial charge in [-0.3, -0.25) is 4.79 Å². The van der Waals surface area contributed by atoms with Crippen LogP contribution in [-0.2, 0) is 10.2 Å². The number of carbonyl (C=O) groups is 1. The van der Waals surface area contributed by atoms with Gasteiger partial charge in [-0.25, -0.2) is 0 Å². The van der Waals surface area contributed by atoms with Crippen LogP contribution in [0.5, 0.6) is 0 Å². The minimum Gasteiger partial charge on any atom is -0.347 e. The summed E-state index contributed by atoms with van der Waals surface area (Å²) in [5.74, 6) is 0.265. The summed E-state index contributed by atoms with van der Waals surface area (Å²) in [6, 6.07) is 15.5. The number of para-hydroxylation sites is 1. The lowest BCUT2D eigenvalue weighted by atomic mass is 9.83. The summed E-state index contributed by atoms with van der Waals surface area (Å²) in [7, 11) is 2.00. The number of fused-ring (bicyclic) bond motifs is 1. The molecule has 29 heavy (non-hydrogen) atoms. The van der Waals surface area contributed by atoms with E-state index in [0.717, 1.165) is 17.1 Å². The van der Waals surface area contributed by atoms with Crippen molar-refractivity contribution in [2.45, 2.75) is 24.4 Å². The van der Waals surface area contributed by atoms with Crippen molar-refractivity contribution in [2.75, 3.05) is 17.7 Å². The number of hydrogen-bond acceptors (Lipinski definition) is 6. The van der Waals surface area contributed by atoms with E-state index in [1.54, 1.807) is 22.9 Å². The fraction of sp³-hybridized carbons (Fsp3) is 0.238. The molecule has 0 bridgehead atoms. The molecule has 0 N–H and O–H groups in total. The third-order valence-corrected chi connectivity index (χ3v) is 6.29. The van der Waals surface area contributed by atoms with Gasteiger partial charge in [0.15, 0.2) is 5.78 Å². The van der Waals surface area contributed by atoms with Crippen LogP contribution in [0.15, 0.2) is 65.5 Å². The standard InChI is InChI=1S/C21H20ClN5OS/c1-21(2)17-6-4-5-7-18(17)26(3)19(21)12-16(28)13-29-20-23-24-25-27(20)15-10-8-14(22)9-11-15/h4-12H,13H2,1-3H3/b19-12-. The zero-order valence-corrected chi connectivity index (χ0v) is 17.9. The molecule has 0 radical (unpaired) electrons. The molecule has 0 unspecified atom stereocenters. The van der Waals surface area contributed by atoms with Gasteiger partial charge < -0.3 is 4.90 Å². The minimum atomic E-state index is -0.226. The molecule has 148 valence electrons. The Morgan fingerprint density at radius 1 is 1.17 bits per heavy atom. The van der Waals surface area contributed by atoms with Gasteiger partial charge in [-0.15, -0.1) is 5.10 Å². The predicted molar refractivity (Wildman–Crippen MR) is 116 cm³/mol. The number of carbonyl (C=O) groups excluding carboxylic acids is 1. The number of anilines is 1. The summed E-state index contributed by atoms with van der Waals surface area (Å²) in [5, 5.41) is 13.0. The van der Waals surface area contributed by atoms with Crippen LogP contribution in [0.2, 0.25) is 5.02 Å². The summed E-state index contributed by atoms with van der Waals surface area (Å²) >= 11 is 7.25. The largest absolute Gasteiger partial charge is 0.347 e. The summed E-state index contributed by atoms with van der Waals surface area (Å²) in [4.78, 5) is 14.8. The third kappa shape index (κ3) is 3.68. The Morgan fingerprint density at radius 2 is 1.90 bits per heavy atom. The number of nitrogens with zero attached hydrogens (tertiary/aromatic N) is 5. The van der Waals surface area contributed by atoms with Crippen LogP contribution in [0, 0.1) is 0 Å². The first-order valence-electron chi connectivity index (χ1n) is 9.13. The van der Waals surface area contributed by atoms with Gasteiger partial charge in [0.25, 0.3) is 0 Å². The highest BCUT2D eigenvalue weighted by Crippen LogP contribution is 2.46. The SMILES string of the molecule is CN1/C(=C\C(=O)CSc2nnnn2-c2ccc(Cl)cc2)C(C)(C)c2ccccc21. The van der Waals surface area contributed by atoms with Crippen LogP contribution >= 0.6 is 23.4 Å². The lowest BCUT2D eigenvalue weighted by Crippen LogP contribution is -2.24. The number of hydrogen-bond donors (Lipinski definition) is 0. The topological polar surface area (TPSA) is 63.9 Å². The Morgan fingerprint density at radius 3 is 2.62 bits per heavy atom. The van der Waals surface area contributed by atoms with Crippen LogP contribution in [0.3, 0.4) is 0 Å². The lowest BCUT2D eigenvalue weighted by molar-refractivity contribution is -0.112. The lowest BCUT2D eigenvalue weighted by Gasteiger charge is -2.23. The molecule has 1 aliphatic rings. The van der Waals surface area contributed by atoms with Gasteiger partial charge in [-0.05, 0) is 46.3 Å². The number of halogens is 1. The Bertz CT molecular complexity index is 1090. The van der Waals surface area contributed by atoms with E-state index < -0.39 is 0 Å². The van der Waals surface area contributed by atoms with Crippen molar-refractivity contribution in [3.63, 3.8) is 0 Å². The molecule has 0 amide bonds. The molecule has 2 aromatic carbocycles. The highest BCUT2D eigenvalue weighted by atomic mass is 35.5. The Labute approximate surface area is 178 Å². The molecular formula is C21H20ClN5OS. The number of thioether (sulfide) groups is 1. The van der Waals surface area contributed by atoms with E-state index in [2.05, 4.69) is 46.4 Å². The molecule has 0 atom stereocenters. The predicted octanol–water partition coefficient (Wildman–Crippen LogP) is 4.29. The van der Waals surface area contributed by atoms with Gasteiger partial charge >= 0.3 is 0 Å². The second-order valence-corrected chi connectivity index (χ2v) is 8.71. The zero-order valence-electron chi connectivity index (χ0n) is 16.3. The van der Waals surface area contributed by atoms with Gasteiger partial charge in [0.05, 0.1) is 11.4 Å². The molecule has 2 heterocycles. The van der Waals surface area contributed by atoms with Gasteiger partial charge in [0, 0.05) is 34.9 Å². The average molecular weight is 426 g/mol. The fourth-order valence-electron chi connectivity index (χ4n) is 3.60. The van der Waals surface area contributed by atoms with Gasteiger partial charge in [-0.1, -0.05) is 55.4 Å². The number of benzene rings is 2. The molecule has 1 aliphatic heterocycles. The van der Waals surface area contributed by atoms with Crippen molar-refractivity contribution < 1.29 is 4.79 Å². The molecule has 0 saturated heterocycles. The minimum absolute atomic E-state index is 0.0170. The number of aromatic nitrogens is 4. The molecule has 4 rings (SSSR count). The zero-order chi connectivity index (χ0) is 20.6. The van der Waals surface area contributed by atoms with Gasteiger partial charge in [0.1, 0.15) is 0 Å². The first-order chi connectivity index (χ1) is 13.9. The summed E-state index contributed by atoms with van der Waals surface area (Å²) in [6.45, 7) is 4.28. The highest BCUT2D eigenvalue weighted by Gasteiger charge is 2.38. The number of likely N-dealkylation sites (N-methyl/N-ethyl adjacent to an activating group) is 1. The molecule has 3 aromatic rings. The summed E-state index contributed by atoms with van der Waals surface area (Å²) in [6.07, 6.45) is 1.74. The number of rotatable bonds is 5. The monoisotopic (exact) mass is 425 g/mol. The van der Waals surface area contributed by atoms with Crippen molar-refractivity contribution in [3.05, 3.63) is 70.9 Å². The third-order valence-electron chi connectivity index (χ3n) is 5.09. The molecule has 1 aromatic heterocycles. The van der Waals surface area contributed by atoms with E-state index in [9.17, 15) is 4.79 Å². The average Bonchev–Trinajstić information content (AvgIpc) is 3.25. The van der Waals surface area contributed by atoms with Crippen molar-refractivity contribution in [3.8, 4) is 5.69 Å². The van der Waals surface area contributed by atoms with Crippen LogP contribution in [0.1, 0.15) is 19.4 Å². The Hall–Kier alpha value is -2.64. The van der Waals surface area contributed by atoms with Crippen molar-refractivity contribution >= 4 is 34.8 Å². The van der Waals surface area contributed by atoms with Crippen molar-refractivity contribution in [1.82, 2.24) is 20.2 Å². The number of ketones is 1. The fourth-order valence-corrected chi connectivity index (χ4v) is 4.44. The van der Waals surface area contributed by atoms with E-state index >= 15 is 0 Å². The molecule has 0 fully saturated rings. The number of allylic oxidation sites excluding steroid dienone is 2. The normalized spacial score (nSPS) is 16.3. The maximum absolute atomic E-state index is 12.8. The van der Waals surface area contributed by atoms with E-state index in [4.69, 9.17) is 11.6 Å². The smallest absolute Gasteiger partial charge is 0.214 e. The molecule has 8 heteroatoms. The number of tetrazole rings is 1. The molecular weight excluding hydrogens is 406 g/mol.